The molecule has 1 heterocycles. The van der Waals surface area contributed by atoms with Gasteiger partial charge in [0.05, 0.1) is 12.6 Å². The molecule has 1 aromatic carbocycles. The number of nitrogens with zero attached hydrogens (tertiary/aromatic N) is 1. The molecule has 0 aliphatic heterocycles. The molecule has 1 unspecified atom stereocenters. The molecule has 1 amide bonds. The number of carbonyl (C=O) groups excluding carboxylic acids is 1. The fourth-order valence-electron chi connectivity index (χ4n) is 1.63. The van der Waals surface area contributed by atoms with Crippen molar-refractivity contribution in [3.63, 3.8) is 0 Å². The highest BCUT2D eigenvalue weighted by atomic mass is 32.1. The third kappa shape index (κ3) is 3.39. The van der Waals surface area contributed by atoms with Crippen molar-refractivity contribution in [3.05, 3.63) is 41.4 Å². The number of thiazole rings is 1. The molecular formula is C14H16N2O2S. The zero-order valence-electron chi connectivity index (χ0n) is 10.7. The van der Waals surface area contributed by atoms with Crippen LogP contribution in [0, 0.1) is 0 Å². The fraction of sp³-hybridized carbons (Fsp3) is 0.286. The van der Waals surface area contributed by atoms with E-state index in [0.29, 0.717) is 12.1 Å². The number of aliphatic hydroxyl groups is 1. The summed E-state index contributed by atoms with van der Waals surface area (Å²) in [6, 6.07) is 9.53. The van der Waals surface area contributed by atoms with E-state index in [2.05, 4.69) is 10.3 Å². The van der Waals surface area contributed by atoms with Crippen molar-refractivity contribution in [3.8, 4) is 10.6 Å². The van der Waals surface area contributed by atoms with Crippen molar-refractivity contribution < 1.29 is 9.90 Å². The van der Waals surface area contributed by atoms with Gasteiger partial charge in [0, 0.05) is 10.9 Å². The summed E-state index contributed by atoms with van der Waals surface area (Å²) in [7, 11) is 0. The number of hydrogen-bond donors (Lipinski definition) is 2. The number of aromatic nitrogens is 1. The van der Waals surface area contributed by atoms with Crippen molar-refractivity contribution in [1.82, 2.24) is 10.3 Å². The van der Waals surface area contributed by atoms with Gasteiger partial charge in [-0.2, -0.15) is 0 Å². The van der Waals surface area contributed by atoms with Crippen LogP contribution in [0.2, 0.25) is 0 Å². The van der Waals surface area contributed by atoms with Gasteiger partial charge in [0.25, 0.3) is 5.91 Å². The van der Waals surface area contributed by atoms with E-state index in [1.807, 2.05) is 37.3 Å². The van der Waals surface area contributed by atoms with E-state index in [9.17, 15) is 4.79 Å². The first kappa shape index (κ1) is 13.7. The Morgan fingerprint density at radius 2 is 2.16 bits per heavy atom. The van der Waals surface area contributed by atoms with Gasteiger partial charge in [-0.15, -0.1) is 11.3 Å². The van der Waals surface area contributed by atoms with E-state index in [1.54, 1.807) is 5.38 Å². The Balaban J connectivity index is 2.11. The molecule has 0 aliphatic carbocycles. The van der Waals surface area contributed by atoms with Crippen LogP contribution in [0.5, 0.6) is 0 Å². The number of carbonyl (C=O) groups is 1. The van der Waals surface area contributed by atoms with E-state index in [4.69, 9.17) is 5.11 Å². The smallest absolute Gasteiger partial charge is 0.271 e. The Morgan fingerprint density at radius 3 is 2.79 bits per heavy atom. The Bertz CT molecular complexity index is 535. The molecule has 5 heteroatoms. The number of amides is 1. The van der Waals surface area contributed by atoms with Gasteiger partial charge in [-0.25, -0.2) is 4.98 Å². The molecule has 19 heavy (non-hydrogen) atoms. The molecule has 1 aromatic heterocycles. The summed E-state index contributed by atoms with van der Waals surface area (Å²) in [5, 5.41) is 14.4. The number of nitrogens with one attached hydrogen (secondary N) is 1. The number of hydrogen-bond acceptors (Lipinski definition) is 4. The molecule has 2 rings (SSSR count). The standard InChI is InChI=1S/C14H16N2O2S/c1-2-11(8-17)15-13(18)12-9-19-14(16-12)10-6-4-3-5-7-10/h3-7,9,11,17H,2,8H2,1H3,(H,15,18). The average Bonchev–Trinajstić information content (AvgIpc) is 2.95. The largest absolute Gasteiger partial charge is 0.394 e. The molecule has 1 atom stereocenters. The maximum absolute atomic E-state index is 11.9. The molecule has 0 radical (unpaired) electrons. The van der Waals surface area contributed by atoms with Crippen molar-refractivity contribution in [2.24, 2.45) is 0 Å². The average molecular weight is 276 g/mol. The van der Waals surface area contributed by atoms with E-state index in [0.717, 1.165) is 10.6 Å². The summed E-state index contributed by atoms with van der Waals surface area (Å²) in [5.74, 6) is -0.237. The van der Waals surface area contributed by atoms with E-state index in [1.165, 1.54) is 11.3 Å². The van der Waals surface area contributed by atoms with Crippen LogP contribution in [0.4, 0.5) is 0 Å². The summed E-state index contributed by atoms with van der Waals surface area (Å²) >= 11 is 1.44. The Hall–Kier alpha value is -1.72. The zero-order chi connectivity index (χ0) is 13.7. The molecule has 4 nitrogen and oxygen atoms in total. The first-order valence-electron chi connectivity index (χ1n) is 6.17. The van der Waals surface area contributed by atoms with Gasteiger partial charge in [-0.05, 0) is 6.42 Å². The van der Waals surface area contributed by atoms with Gasteiger partial charge in [0.2, 0.25) is 0 Å². The van der Waals surface area contributed by atoms with Crippen molar-refractivity contribution in [1.29, 1.82) is 0 Å². The monoisotopic (exact) mass is 276 g/mol. The lowest BCUT2D eigenvalue weighted by Crippen LogP contribution is -2.37. The third-order valence-corrected chi connectivity index (χ3v) is 3.70. The second-order valence-electron chi connectivity index (χ2n) is 4.17. The molecular weight excluding hydrogens is 260 g/mol. The van der Waals surface area contributed by atoms with Crippen LogP contribution < -0.4 is 5.32 Å². The van der Waals surface area contributed by atoms with Crippen LogP contribution in [0.3, 0.4) is 0 Å². The van der Waals surface area contributed by atoms with Gasteiger partial charge in [0.15, 0.2) is 0 Å². The Morgan fingerprint density at radius 1 is 1.42 bits per heavy atom. The van der Waals surface area contributed by atoms with E-state index < -0.39 is 0 Å². The highest BCUT2D eigenvalue weighted by Gasteiger charge is 2.14. The first-order valence-corrected chi connectivity index (χ1v) is 7.05. The summed E-state index contributed by atoms with van der Waals surface area (Å²) in [5.41, 5.74) is 1.40. The highest BCUT2D eigenvalue weighted by molar-refractivity contribution is 7.13. The molecule has 2 N–H and O–H groups in total. The minimum Gasteiger partial charge on any atom is -0.394 e. The van der Waals surface area contributed by atoms with Crippen LogP contribution in [0.15, 0.2) is 35.7 Å². The molecule has 0 bridgehead atoms. The third-order valence-electron chi connectivity index (χ3n) is 2.81. The summed E-state index contributed by atoms with van der Waals surface area (Å²) in [6.07, 6.45) is 0.692. The van der Waals surface area contributed by atoms with Crippen molar-refractivity contribution >= 4 is 17.2 Å². The van der Waals surface area contributed by atoms with Crippen LogP contribution in [0.1, 0.15) is 23.8 Å². The minimum atomic E-state index is -0.237. The normalized spacial score (nSPS) is 12.1. The molecule has 0 spiro atoms. The maximum atomic E-state index is 11.9. The van der Waals surface area contributed by atoms with Crippen LogP contribution >= 0.6 is 11.3 Å². The number of benzene rings is 1. The number of rotatable bonds is 5. The van der Waals surface area contributed by atoms with Crippen LogP contribution in [0.25, 0.3) is 10.6 Å². The maximum Gasteiger partial charge on any atom is 0.271 e. The lowest BCUT2D eigenvalue weighted by atomic mass is 10.2. The van der Waals surface area contributed by atoms with Gasteiger partial charge in [-0.1, -0.05) is 37.3 Å². The van der Waals surface area contributed by atoms with E-state index in [-0.39, 0.29) is 18.6 Å². The zero-order valence-corrected chi connectivity index (χ0v) is 11.5. The molecule has 100 valence electrons. The summed E-state index contributed by atoms with van der Waals surface area (Å²) in [4.78, 5) is 16.3. The SMILES string of the molecule is CCC(CO)NC(=O)c1csc(-c2ccccc2)n1. The summed E-state index contributed by atoms with van der Waals surface area (Å²) < 4.78 is 0. The van der Waals surface area contributed by atoms with E-state index >= 15 is 0 Å². The molecule has 0 fully saturated rings. The quantitative estimate of drug-likeness (QED) is 0.881. The van der Waals surface area contributed by atoms with Gasteiger partial charge in [0.1, 0.15) is 10.7 Å². The first-order chi connectivity index (χ1) is 9.24. The van der Waals surface area contributed by atoms with Gasteiger partial charge in [-0.3, -0.25) is 4.79 Å². The van der Waals surface area contributed by atoms with Crippen LogP contribution in [-0.4, -0.2) is 28.6 Å². The second kappa shape index (κ2) is 6.45. The highest BCUT2D eigenvalue weighted by Crippen LogP contribution is 2.23. The van der Waals surface area contributed by atoms with Gasteiger partial charge < -0.3 is 10.4 Å². The predicted molar refractivity (Wildman–Crippen MR) is 76.2 cm³/mol. The lowest BCUT2D eigenvalue weighted by Gasteiger charge is -2.12. The van der Waals surface area contributed by atoms with Gasteiger partial charge >= 0.3 is 0 Å². The van der Waals surface area contributed by atoms with Crippen molar-refractivity contribution in [2.45, 2.75) is 19.4 Å². The predicted octanol–water partition coefficient (Wildman–Crippen LogP) is 2.31. The molecule has 2 aromatic rings. The lowest BCUT2D eigenvalue weighted by molar-refractivity contribution is 0.0910. The topological polar surface area (TPSA) is 62.2 Å². The fourth-order valence-corrected chi connectivity index (χ4v) is 2.43. The summed E-state index contributed by atoms with van der Waals surface area (Å²) in [6.45, 7) is 1.86. The second-order valence-corrected chi connectivity index (χ2v) is 5.02. The number of aliphatic hydroxyl groups excluding tert-OH is 1. The Labute approximate surface area is 116 Å². The van der Waals surface area contributed by atoms with Crippen molar-refractivity contribution in [2.75, 3.05) is 6.61 Å². The Kier molecular flexibility index (Phi) is 4.65. The molecule has 0 aliphatic rings. The molecule has 0 saturated carbocycles. The molecule has 0 saturated heterocycles. The minimum absolute atomic E-state index is 0.0576. The van der Waals surface area contributed by atoms with Crippen LogP contribution in [-0.2, 0) is 0 Å².